The summed E-state index contributed by atoms with van der Waals surface area (Å²) in [5, 5.41) is 12.8. The van der Waals surface area contributed by atoms with E-state index in [9.17, 15) is 13.5 Å². The van der Waals surface area contributed by atoms with Gasteiger partial charge in [0.15, 0.2) is 0 Å². The molecule has 120 valence electrons. The molecule has 0 fully saturated rings. The number of rotatable bonds is 8. The summed E-state index contributed by atoms with van der Waals surface area (Å²) in [6.07, 6.45) is 0.870. The highest BCUT2D eigenvalue weighted by Gasteiger charge is 2.17. The fourth-order valence-electron chi connectivity index (χ4n) is 2.28. The van der Waals surface area contributed by atoms with Gasteiger partial charge in [-0.1, -0.05) is 26.0 Å². The minimum absolute atomic E-state index is 0.00423. The van der Waals surface area contributed by atoms with Crippen LogP contribution in [0.25, 0.3) is 0 Å². The van der Waals surface area contributed by atoms with Crippen molar-refractivity contribution < 1.29 is 13.5 Å². The fourth-order valence-corrected chi connectivity index (χ4v) is 3.07. The molecule has 6 heteroatoms. The summed E-state index contributed by atoms with van der Waals surface area (Å²) in [5.74, 6) is 0.484. The summed E-state index contributed by atoms with van der Waals surface area (Å²) in [7, 11) is -2.04. The van der Waals surface area contributed by atoms with E-state index in [2.05, 4.69) is 23.9 Å². The Morgan fingerprint density at radius 3 is 2.43 bits per heavy atom. The van der Waals surface area contributed by atoms with Gasteiger partial charge in [-0.15, -0.1) is 0 Å². The van der Waals surface area contributed by atoms with Crippen LogP contribution in [0.3, 0.4) is 0 Å². The van der Waals surface area contributed by atoms with Gasteiger partial charge >= 0.3 is 0 Å². The molecule has 0 aliphatic rings. The van der Waals surface area contributed by atoms with Gasteiger partial charge in [-0.2, -0.15) is 0 Å². The Kier molecular flexibility index (Phi) is 6.80. The van der Waals surface area contributed by atoms with Gasteiger partial charge in [0.2, 0.25) is 10.0 Å². The summed E-state index contributed by atoms with van der Waals surface area (Å²) in [6.45, 7) is 6.25. The molecule has 1 aromatic carbocycles. The maximum atomic E-state index is 11.8. The van der Waals surface area contributed by atoms with Crippen molar-refractivity contribution in [2.75, 3.05) is 13.7 Å². The second kappa shape index (κ2) is 7.89. The molecule has 1 rings (SSSR count). The van der Waals surface area contributed by atoms with Crippen LogP contribution in [0.5, 0.6) is 0 Å². The Morgan fingerprint density at radius 2 is 1.90 bits per heavy atom. The van der Waals surface area contributed by atoms with Gasteiger partial charge < -0.3 is 10.4 Å². The van der Waals surface area contributed by atoms with Gasteiger partial charge in [0, 0.05) is 12.1 Å². The summed E-state index contributed by atoms with van der Waals surface area (Å²) in [6, 6.07) is 6.81. The van der Waals surface area contributed by atoms with Crippen LogP contribution in [0.2, 0.25) is 0 Å². The molecule has 2 atom stereocenters. The van der Waals surface area contributed by atoms with Crippen LogP contribution >= 0.6 is 0 Å². The Hall–Kier alpha value is -0.950. The monoisotopic (exact) mass is 314 g/mol. The summed E-state index contributed by atoms with van der Waals surface area (Å²) < 4.78 is 26.0. The van der Waals surface area contributed by atoms with Crippen molar-refractivity contribution in [1.82, 2.24) is 10.0 Å². The molecule has 0 saturated carbocycles. The standard InChI is InChI=1S/C15H26N2O3S/c1-11(2)8-14(10-18)17-12(3)13-6-5-7-15(9-13)21(19,20)16-4/h5-7,9,11-12,14,16-18H,8,10H2,1-4H3. The molecule has 5 nitrogen and oxygen atoms in total. The van der Waals surface area contributed by atoms with Crippen molar-refractivity contribution in [2.24, 2.45) is 5.92 Å². The summed E-state index contributed by atoms with van der Waals surface area (Å²) >= 11 is 0. The smallest absolute Gasteiger partial charge is 0.240 e. The van der Waals surface area contributed by atoms with Gasteiger partial charge in [0.25, 0.3) is 0 Å². The van der Waals surface area contributed by atoms with Crippen molar-refractivity contribution >= 4 is 10.0 Å². The van der Waals surface area contributed by atoms with Crippen LogP contribution in [0.15, 0.2) is 29.2 Å². The zero-order chi connectivity index (χ0) is 16.0. The molecule has 3 N–H and O–H groups in total. The molecular weight excluding hydrogens is 288 g/mol. The van der Waals surface area contributed by atoms with Crippen LogP contribution in [-0.2, 0) is 10.0 Å². The second-order valence-electron chi connectivity index (χ2n) is 5.68. The van der Waals surface area contributed by atoms with Gasteiger partial charge in [0.05, 0.1) is 11.5 Å². The van der Waals surface area contributed by atoms with E-state index >= 15 is 0 Å². The van der Waals surface area contributed by atoms with E-state index in [4.69, 9.17) is 0 Å². The molecule has 0 heterocycles. The molecule has 0 amide bonds. The number of aliphatic hydroxyl groups is 1. The Balaban J connectivity index is 2.88. The van der Waals surface area contributed by atoms with Crippen molar-refractivity contribution in [1.29, 1.82) is 0 Å². The first kappa shape index (κ1) is 18.1. The van der Waals surface area contributed by atoms with E-state index < -0.39 is 10.0 Å². The van der Waals surface area contributed by atoms with Crippen LogP contribution in [0, 0.1) is 5.92 Å². The predicted octanol–water partition coefficient (Wildman–Crippen LogP) is 1.65. The van der Waals surface area contributed by atoms with Gasteiger partial charge in [-0.05, 0) is 44.0 Å². The largest absolute Gasteiger partial charge is 0.395 e. The molecule has 21 heavy (non-hydrogen) atoms. The van der Waals surface area contributed by atoms with E-state index in [1.54, 1.807) is 18.2 Å². The highest BCUT2D eigenvalue weighted by Crippen LogP contribution is 2.19. The Bertz CT molecular complexity index is 544. The van der Waals surface area contributed by atoms with Crippen LogP contribution in [0.1, 0.15) is 38.8 Å². The number of hydrogen-bond acceptors (Lipinski definition) is 4. The number of nitrogens with one attached hydrogen (secondary N) is 2. The molecule has 1 aromatic rings. The molecular formula is C15H26N2O3S. The normalized spacial score (nSPS) is 15.1. The van der Waals surface area contributed by atoms with E-state index in [1.807, 2.05) is 13.0 Å². The number of sulfonamides is 1. The van der Waals surface area contributed by atoms with E-state index in [-0.39, 0.29) is 23.6 Å². The molecule has 0 aromatic heterocycles. The maximum absolute atomic E-state index is 11.8. The second-order valence-corrected chi connectivity index (χ2v) is 7.56. The zero-order valence-electron chi connectivity index (χ0n) is 13.1. The number of hydrogen-bond donors (Lipinski definition) is 3. The first-order valence-electron chi connectivity index (χ1n) is 7.20. The summed E-state index contributed by atoms with van der Waals surface area (Å²) in [5.41, 5.74) is 0.883. The first-order chi connectivity index (χ1) is 9.80. The van der Waals surface area contributed by atoms with E-state index in [0.717, 1.165) is 12.0 Å². The lowest BCUT2D eigenvalue weighted by Gasteiger charge is -2.23. The minimum atomic E-state index is -3.43. The van der Waals surface area contributed by atoms with Gasteiger partial charge in [0.1, 0.15) is 0 Å². The number of aliphatic hydroxyl groups excluding tert-OH is 1. The van der Waals surface area contributed by atoms with E-state index in [0.29, 0.717) is 5.92 Å². The molecule has 0 spiro atoms. The van der Waals surface area contributed by atoms with Crippen LogP contribution < -0.4 is 10.0 Å². The topological polar surface area (TPSA) is 78.4 Å². The van der Waals surface area contributed by atoms with Crippen molar-refractivity contribution in [3.05, 3.63) is 29.8 Å². The van der Waals surface area contributed by atoms with Gasteiger partial charge in [-0.3, -0.25) is 0 Å². The highest BCUT2D eigenvalue weighted by atomic mass is 32.2. The lowest BCUT2D eigenvalue weighted by molar-refractivity contribution is 0.215. The Morgan fingerprint density at radius 1 is 1.24 bits per heavy atom. The molecule has 0 radical (unpaired) electrons. The third kappa shape index (κ3) is 5.39. The first-order valence-corrected chi connectivity index (χ1v) is 8.69. The lowest BCUT2D eigenvalue weighted by atomic mass is 10.0. The summed E-state index contributed by atoms with van der Waals surface area (Å²) in [4.78, 5) is 0.251. The van der Waals surface area contributed by atoms with Crippen molar-refractivity contribution in [3.8, 4) is 0 Å². The van der Waals surface area contributed by atoms with Crippen molar-refractivity contribution in [2.45, 2.75) is 44.2 Å². The maximum Gasteiger partial charge on any atom is 0.240 e. The zero-order valence-corrected chi connectivity index (χ0v) is 13.9. The lowest BCUT2D eigenvalue weighted by Crippen LogP contribution is -2.35. The average molecular weight is 314 g/mol. The molecule has 2 unspecified atom stereocenters. The third-order valence-corrected chi connectivity index (χ3v) is 4.81. The SMILES string of the molecule is CNS(=O)(=O)c1cccc(C(C)NC(CO)CC(C)C)c1. The molecule has 0 saturated heterocycles. The fraction of sp³-hybridized carbons (Fsp3) is 0.600. The predicted molar refractivity (Wildman–Crippen MR) is 84.6 cm³/mol. The van der Waals surface area contributed by atoms with Crippen LogP contribution in [0.4, 0.5) is 0 Å². The average Bonchev–Trinajstić information content (AvgIpc) is 2.46. The number of benzene rings is 1. The van der Waals surface area contributed by atoms with Gasteiger partial charge in [-0.25, -0.2) is 13.1 Å². The van der Waals surface area contributed by atoms with Crippen LogP contribution in [-0.4, -0.2) is 33.2 Å². The quantitative estimate of drug-likeness (QED) is 0.682. The molecule has 0 bridgehead atoms. The molecule has 0 aliphatic carbocycles. The minimum Gasteiger partial charge on any atom is -0.395 e. The third-order valence-electron chi connectivity index (χ3n) is 3.40. The highest BCUT2D eigenvalue weighted by molar-refractivity contribution is 7.89. The Labute approximate surface area is 127 Å². The van der Waals surface area contributed by atoms with E-state index in [1.165, 1.54) is 7.05 Å². The van der Waals surface area contributed by atoms with Crippen molar-refractivity contribution in [3.63, 3.8) is 0 Å². The molecule has 0 aliphatic heterocycles.